The summed E-state index contributed by atoms with van der Waals surface area (Å²) in [6.45, 7) is 3.60. The average Bonchev–Trinajstić information content (AvgIpc) is 3.57. The highest BCUT2D eigenvalue weighted by Crippen LogP contribution is 2.28. The van der Waals surface area contributed by atoms with Crippen LogP contribution in [0.5, 0.6) is 0 Å². The van der Waals surface area contributed by atoms with Gasteiger partial charge in [-0.1, -0.05) is 24.4 Å². The van der Waals surface area contributed by atoms with Gasteiger partial charge in [0.2, 0.25) is 5.91 Å². The molecule has 5 rings (SSSR count). The number of thiazole rings is 1. The van der Waals surface area contributed by atoms with Crippen LogP contribution in [0.1, 0.15) is 59.7 Å². The Morgan fingerprint density at radius 2 is 1.97 bits per heavy atom. The maximum absolute atomic E-state index is 14.2. The van der Waals surface area contributed by atoms with Gasteiger partial charge in [-0.15, -0.1) is 11.3 Å². The number of aromatic nitrogens is 2. The van der Waals surface area contributed by atoms with Crippen LogP contribution >= 0.6 is 11.3 Å². The normalized spacial score (nSPS) is 20.8. The molecule has 2 atom stereocenters. The number of nitrogens with one attached hydrogen (secondary N) is 2. The van der Waals surface area contributed by atoms with Gasteiger partial charge < -0.3 is 15.2 Å². The number of carbonyl (C=O) groups excluding carboxylic acids is 2. The van der Waals surface area contributed by atoms with Crippen LogP contribution in [0.2, 0.25) is 0 Å². The van der Waals surface area contributed by atoms with Crippen LogP contribution in [0.3, 0.4) is 0 Å². The first kappa shape index (κ1) is 26.4. The van der Waals surface area contributed by atoms with Gasteiger partial charge in [-0.3, -0.25) is 14.5 Å². The first-order valence-electron chi connectivity index (χ1n) is 13.0. The molecule has 1 saturated carbocycles. The third-order valence-corrected chi connectivity index (χ3v) is 8.26. The molecule has 1 saturated heterocycles. The van der Waals surface area contributed by atoms with Crippen LogP contribution in [-0.4, -0.2) is 52.0 Å². The molecule has 2 amide bonds. The SMILES string of the molecule is Cc1nc(CNC(=O)[C@@H]2CN(C3CCCCC3)CC[C@H]2NC(=O)c2cc(-c3ccc(F)cc3F)on2)cs1. The molecule has 2 fully saturated rings. The van der Waals surface area contributed by atoms with Crippen molar-refractivity contribution < 1.29 is 22.9 Å². The first-order valence-corrected chi connectivity index (χ1v) is 13.9. The smallest absolute Gasteiger partial charge is 0.273 e. The minimum Gasteiger partial charge on any atom is -0.355 e. The van der Waals surface area contributed by atoms with Crippen molar-refractivity contribution in [1.82, 2.24) is 25.7 Å². The maximum Gasteiger partial charge on any atom is 0.273 e. The Bertz CT molecular complexity index is 1290. The fourth-order valence-electron chi connectivity index (χ4n) is 5.43. The summed E-state index contributed by atoms with van der Waals surface area (Å²) in [5.41, 5.74) is 0.786. The average molecular weight is 544 g/mol. The quantitative estimate of drug-likeness (QED) is 0.457. The Morgan fingerprint density at radius 3 is 2.71 bits per heavy atom. The lowest BCUT2D eigenvalue weighted by molar-refractivity contribution is -0.128. The van der Waals surface area contributed by atoms with Crippen molar-refractivity contribution in [3.8, 4) is 11.3 Å². The third kappa shape index (κ3) is 6.10. The summed E-state index contributed by atoms with van der Waals surface area (Å²) in [7, 11) is 0. The second-order valence-corrected chi connectivity index (χ2v) is 11.1. The number of aryl methyl sites for hydroxylation is 1. The number of carbonyl (C=O) groups is 2. The molecule has 0 bridgehead atoms. The fraction of sp³-hybridized carbons (Fsp3) is 0.481. The molecule has 38 heavy (non-hydrogen) atoms. The third-order valence-electron chi connectivity index (χ3n) is 7.44. The van der Waals surface area contributed by atoms with Gasteiger partial charge in [-0.2, -0.15) is 0 Å². The zero-order valence-electron chi connectivity index (χ0n) is 21.2. The molecular weight excluding hydrogens is 512 g/mol. The highest BCUT2D eigenvalue weighted by atomic mass is 32.1. The number of likely N-dealkylation sites (tertiary alicyclic amines) is 1. The molecule has 1 aliphatic carbocycles. The number of hydrogen-bond donors (Lipinski definition) is 2. The van der Waals surface area contributed by atoms with Gasteiger partial charge >= 0.3 is 0 Å². The summed E-state index contributed by atoms with van der Waals surface area (Å²) in [6.07, 6.45) is 6.53. The molecule has 202 valence electrons. The highest BCUT2D eigenvalue weighted by Gasteiger charge is 2.38. The van der Waals surface area contributed by atoms with E-state index in [9.17, 15) is 18.4 Å². The summed E-state index contributed by atoms with van der Waals surface area (Å²) >= 11 is 1.53. The van der Waals surface area contributed by atoms with E-state index in [4.69, 9.17) is 4.52 Å². The Kier molecular flexibility index (Phi) is 8.13. The number of hydrogen-bond acceptors (Lipinski definition) is 7. The van der Waals surface area contributed by atoms with Crippen LogP contribution in [0.25, 0.3) is 11.3 Å². The molecule has 2 aliphatic rings. The van der Waals surface area contributed by atoms with E-state index in [1.54, 1.807) is 0 Å². The molecule has 1 aliphatic heterocycles. The molecule has 8 nitrogen and oxygen atoms in total. The summed E-state index contributed by atoms with van der Waals surface area (Å²) in [4.78, 5) is 33.3. The molecule has 11 heteroatoms. The number of amides is 2. The lowest BCUT2D eigenvalue weighted by Crippen LogP contribution is -2.57. The number of benzene rings is 1. The monoisotopic (exact) mass is 543 g/mol. The van der Waals surface area contributed by atoms with Gasteiger partial charge in [0, 0.05) is 42.7 Å². The van der Waals surface area contributed by atoms with Crippen LogP contribution in [0, 0.1) is 24.5 Å². The van der Waals surface area contributed by atoms with Crippen molar-refractivity contribution in [2.75, 3.05) is 13.1 Å². The number of piperidine rings is 1. The first-order chi connectivity index (χ1) is 18.4. The largest absolute Gasteiger partial charge is 0.355 e. The van der Waals surface area contributed by atoms with E-state index in [0.29, 0.717) is 25.6 Å². The van der Waals surface area contributed by atoms with Crippen LogP contribution < -0.4 is 10.6 Å². The van der Waals surface area contributed by atoms with Gasteiger partial charge in [0.1, 0.15) is 11.6 Å². The van der Waals surface area contributed by atoms with Crippen molar-refractivity contribution >= 4 is 23.2 Å². The molecule has 1 aromatic carbocycles. The molecule has 2 N–H and O–H groups in total. The zero-order valence-corrected chi connectivity index (χ0v) is 22.0. The van der Waals surface area contributed by atoms with Gasteiger partial charge in [-0.05, 0) is 38.3 Å². The van der Waals surface area contributed by atoms with Gasteiger partial charge in [0.05, 0.1) is 28.7 Å². The predicted octanol–water partition coefficient (Wildman–Crippen LogP) is 4.45. The lowest BCUT2D eigenvalue weighted by atomic mass is 9.87. The molecule has 3 heterocycles. The highest BCUT2D eigenvalue weighted by molar-refractivity contribution is 7.09. The van der Waals surface area contributed by atoms with E-state index < -0.39 is 29.5 Å². The summed E-state index contributed by atoms with van der Waals surface area (Å²) in [6, 6.07) is 4.47. The van der Waals surface area contributed by atoms with Crippen molar-refractivity contribution in [2.45, 2.75) is 64.1 Å². The Hall–Kier alpha value is -3.18. The van der Waals surface area contributed by atoms with E-state index in [1.165, 1.54) is 42.7 Å². The number of halogens is 2. The summed E-state index contributed by atoms with van der Waals surface area (Å²) in [5.74, 6) is -2.59. The van der Waals surface area contributed by atoms with E-state index in [-0.39, 0.29) is 22.9 Å². The topological polar surface area (TPSA) is 100 Å². The fourth-order valence-corrected chi connectivity index (χ4v) is 6.05. The van der Waals surface area contributed by atoms with Gasteiger partial charge in [0.15, 0.2) is 11.5 Å². The van der Waals surface area contributed by atoms with E-state index >= 15 is 0 Å². The van der Waals surface area contributed by atoms with Crippen molar-refractivity contribution in [2.24, 2.45) is 5.92 Å². The van der Waals surface area contributed by atoms with E-state index in [0.717, 1.165) is 42.2 Å². The molecule has 3 aromatic rings. The molecule has 0 radical (unpaired) electrons. The number of rotatable bonds is 7. The summed E-state index contributed by atoms with van der Waals surface area (Å²) < 4.78 is 32.6. The predicted molar refractivity (Wildman–Crippen MR) is 138 cm³/mol. The van der Waals surface area contributed by atoms with Crippen molar-refractivity contribution in [1.29, 1.82) is 0 Å². The zero-order chi connectivity index (χ0) is 26.6. The Labute approximate surface area is 223 Å². The van der Waals surface area contributed by atoms with Crippen molar-refractivity contribution in [3.05, 3.63) is 57.7 Å². The number of nitrogens with zero attached hydrogens (tertiary/aromatic N) is 3. The molecule has 0 spiro atoms. The molecule has 2 aromatic heterocycles. The van der Waals surface area contributed by atoms with Crippen molar-refractivity contribution in [3.63, 3.8) is 0 Å². The second kappa shape index (κ2) is 11.7. The maximum atomic E-state index is 14.2. The van der Waals surface area contributed by atoms with Crippen LogP contribution in [0.15, 0.2) is 34.2 Å². The summed E-state index contributed by atoms with van der Waals surface area (Å²) in [5, 5.41) is 12.6. The second-order valence-electron chi connectivity index (χ2n) is 10.0. The van der Waals surface area contributed by atoms with Gasteiger partial charge in [0.25, 0.3) is 5.91 Å². The standard InChI is InChI=1S/C27H31F2N5O3S/c1-16-31-18(15-38-16)13-30-26(35)21-14-34(19-5-3-2-4-6-19)10-9-23(21)32-27(36)24-12-25(37-33-24)20-8-7-17(28)11-22(20)29/h7-8,11-12,15,19,21,23H,2-6,9-10,13-14H2,1H3,(H,30,35)(H,32,36)/t21-,23-/m1/s1. The molecular formula is C27H31F2N5O3S. The minimum absolute atomic E-state index is 0.00766. The van der Waals surface area contributed by atoms with Crippen LogP contribution in [-0.2, 0) is 11.3 Å². The Morgan fingerprint density at radius 1 is 1.16 bits per heavy atom. The Balaban J connectivity index is 1.28. The lowest BCUT2D eigenvalue weighted by Gasteiger charge is -2.43. The van der Waals surface area contributed by atoms with Gasteiger partial charge in [-0.25, -0.2) is 13.8 Å². The van der Waals surface area contributed by atoms with E-state index in [1.807, 2.05) is 12.3 Å². The van der Waals surface area contributed by atoms with Crippen LogP contribution in [0.4, 0.5) is 8.78 Å². The molecule has 0 unspecified atom stereocenters. The van der Waals surface area contributed by atoms with E-state index in [2.05, 4.69) is 25.7 Å². The minimum atomic E-state index is -0.810.